The van der Waals surface area contributed by atoms with Gasteiger partial charge >= 0.3 is 0 Å². The van der Waals surface area contributed by atoms with Gasteiger partial charge in [0.15, 0.2) is 11.5 Å². The molecule has 0 aliphatic rings. The number of benzene rings is 1. The van der Waals surface area contributed by atoms with Crippen LogP contribution in [0.3, 0.4) is 0 Å². The summed E-state index contributed by atoms with van der Waals surface area (Å²) in [4.78, 5) is 0. The molecule has 0 amide bonds. The third-order valence-corrected chi connectivity index (χ3v) is 7.47. The third-order valence-electron chi connectivity index (χ3n) is 7.47. The molecule has 1 rings (SSSR count). The first-order chi connectivity index (χ1) is 18.9. The van der Waals surface area contributed by atoms with Crippen LogP contribution in [0.5, 0.6) is 11.5 Å². The van der Waals surface area contributed by atoms with Gasteiger partial charge in [0.05, 0.1) is 13.2 Å². The van der Waals surface area contributed by atoms with Crippen LogP contribution in [0.2, 0.25) is 0 Å². The Kier molecular flexibility index (Phi) is 26.3. The van der Waals surface area contributed by atoms with Crippen LogP contribution in [-0.2, 0) is 0 Å². The molecule has 0 bridgehead atoms. The molecule has 0 spiro atoms. The van der Waals surface area contributed by atoms with E-state index in [4.69, 9.17) is 19.7 Å². The Morgan fingerprint density at radius 2 is 0.579 bits per heavy atom. The van der Waals surface area contributed by atoms with E-state index >= 15 is 0 Å². The van der Waals surface area contributed by atoms with E-state index < -0.39 is 0 Å². The molecule has 2 N–H and O–H groups in total. The second-order valence-electron chi connectivity index (χ2n) is 11.1. The molecule has 0 atom stereocenters. The summed E-state index contributed by atoms with van der Waals surface area (Å²) in [5.41, 5.74) is 0. The van der Waals surface area contributed by atoms with Crippen molar-refractivity contribution in [1.82, 2.24) is 0 Å². The summed E-state index contributed by atoms with van der Waals surface area (Å²) in [5.74, 6) is 1.78. The third kappa shape index (κ3) is 22.7. The van der Waals surface area contributed by atoms with Crippen molar-refractivity contribution in [3.8, 4) is 11.5 Å². The van der Waals surface area contributed by atoms with Crippen LogP contribution in [0.25, 0.3) is 0 Å². The Labute approximate surface area is 235 Å². The Hall–Kier alpha value is -1.26. The number of hydrogen-bond acceptors (Lipinski definition) is 4. The second kappa shape index (κ2) is 28.7. The van der Waals surface area contributed by atoms with E-state index in [-0.39, 0.29) is 0 Å². The summed E-state index contributed by atoms with van der Waals surface area (Å²) < 4.78 is 12.1. The topological polar surface area (TPSA) is 58.9 Å². The van der Waals surface area contributed by atoms with Gasteiger partial charge in [0, 0.05) is 13.2 Å². The first kappa shape index (κ1) is 34.8. The molecule has 222 valence electrons. The van der Waals surface area contributed by atoms with Gasteiger partial charge in [-0.15, -0.1) is 0 Å². The standard InChI is InChI=1S/C34H62O4/c35-29-23-17-13-9-5-1-3-7-11-15-19-25-31-37-33-27-21-22-28-34(33)38-32-26-20-16-12-8-4-2-6-10-14-18-24-30-36/h21-22,27-28,35-36H,1-20,23-26,29-32H2. The quantitative estimate of drug-likeness (QED) is 0.0964. The summed E-state index contributed by atoms with van der Waals surface area (Å²) in [5, 5.41) is 17.6. The summed E-state index contributed by atoms with van der Waals surface area (Å²) in [7, 11) is 0. The van der Waals surface area contributed by atoms with Gasteiger partial charge in [0.25, 0.3) is 0 Å². The molecule has 0 radical (unpaired) electrons. The van der Waals surface area contributed by atoms with E-state index in [1.807, 2.05) is 24.3 Å². The molecule has 0 aliphatic carbocycles. The van der Waals surface area contributed by atoms with Crippen LogP contribution in [-0.4, -0.2) is 36.6 Å². The average Bonchev–Trinajstić information content (AvgIpc) is 2.94. The van der Waals surface area contributed by atoms with Crippen molar-refractivity contribution < 1.29 is 19.7 Å². The highest BCUT2D eigenvalue weighted by Crippen LogP contribution is 2.27. The van der Waals surface area contributed by atoms with Crippen molar-refractivity contribution >= 4 is 0 Å². The van der Waals surface area contributed by atoms with Crippen LogP contribution >= 0.6 is 0 Å². The number of ether oxygens (including phenoxy) is 2. The van der Waals surface area contributed by atoms with Crippen molar-refractivity contribution in [2.45, 2.75) is 154 Å². The van der Waals surface area contributed by atoms with Gasteiger partial charge in [0.1, 0.15) is 0 Å². The van der Waals surface area contributed by atoms with Gasteiger partial charge in [0.2, 0.25) is 0 Å². The van der Waals surface area contributed by atoms with Crippen LogP contribution < -0.4 is 9.47 Å². The summed E-state index contributed by atoms with van der Waals surface area (Å²) >= 11 is 0. The van der Waals surface area contributed by atoms with Gasteiger partial charge < -0.3 is 19.7 Å². The zero-order chi connectivity index (χ0) is 27.2. The number of unbranched alkanes of at least 4 members (excludes halogenated alkanes) is 22. The minimum atomic E-state index is 0.348. The lowest BCUT2D eigenvalue weighted by molar-refractivity contribution is 0.258. The molecule has 1 aromatic carbocycles. The van der Waals surface area contributed by atoms with E-state index in [0.717, 1.165) is 50.4 Å². The van der Waals surface area contributed by atoms with Gasteiger partial charge in [-0.2, -0.15) is 0 Å². The Bertz CT molecular complexity index is 541. The molecule has 0 heterocycles. The normalized spacial score (nSPS) is 11.2. The maximum Gasteiger partial charge on any atom is 0.161 e. The smallest absolute Gasteiger partial charge is 0.161 e. The van der Waals surface area contributed by atoms with Crippen molar-refractivity contribution in [3.63, 3.8) is 0 Å². The van der Waals surface area contributed by atoms with Crippen molar-refractivity contribution in [1.29, 1.82) is 0 Å². The van der Waals surface area contributed by atoms with Crippen molar-refractivity contribution in [3.05, 3.63) is 24.3 Å². The number of rotatable bonds is 30. The van der Waals surface area contributed by atoms with E-state index in [1.54, 1.807) is 0 Å². The summed E-state index contributed by atoms with van der Waals surface area (Å²) in [6.07, 6.45) is 30.5. The molecule has 0 saturated heterocycles. The minimum Gasteiger partial charge on any atom is -0.490 e. The fourth-order valence-corrected chi connectivity index (χ4v) is 5.02. The first-order valence-electron chi connectivity index (χ1n) is 16.4. The molecule has 0 unspecified atom stereocenters. The number of para-hydroxylation sites is 2. The molecular weight excluding hydrogens is 472 g/mol. The Morgan fingerprint density at radius 3 is 0.842 bits per heavy atom. The van der Waals surface area contributed by atoms with E-state index in [1.165, 1.54) is 128 Å². The van der Waals surface area contributed by atoms with E-state index in [2.05, 4.69) is 0 Å². The number of aliphatic hydroxyl groups is 2. The minimum absolute atomic E-state index is 0.348. The molecule has 4 heteroatoms. The van der Waals surface area contributed by atoms with Crippen LogP contribution in [0.15, 0.2) is 24.3 Å². The molecule has 4 nitrogen and oxygen atoms in total. The van der Waals surface area contributed by atoms with Crippen LogP contribution in [0.4, 0.5) is 0 Å². The monoisotopic (exact) mass is 534 g/mol. The largest absolute Gasteiger partial charge is 0.490 e. The average molecular weight is 535 g/mol. The van der Waals surface area contributed by atoms with E-state index in [0.29, 0.717) is 13.2 Å². The highest BCUT2D eigenvalue weighted by molar-refractivity contribution is 5.39. The molecule has 38 heavy (non-hydrogen) atoms. The van der Waals surface area contributed by atoms with Crippen molar-refractivity contribution in [2.75, 3.05) is 26.4 Å². The fourth-order valence-electron chi connectivity index (χ4n) is 5.02. The number of hydrogen-bond donors (Lipinski definition) is 2. The lowest BCUT2D eigenvalue weighted by Gasteiger charge is -2.12. The lowest BCUT2D eigenvalue weighted by Crippen LogP contribution is -2.02. The predicted octanol–water partition coefficient (Wildman–Crippen LogP) is 9.79. The highest BCUT2D eigenvalue weighted by Gasteiger charge is 2.04. The molecule has 1 aromatic rings. The number of aliphatic hydroxyl groups excluding tert-OH is 2. The summed E-state index contributed by atoms with van der Waals surface area (Å²) in [6.45, 7) is 2.25. The molecule has 0 aliphatic heterocycles. The Balaban J connectivity index is 1.92. The van der Waals surface area contributed by atoms with Gasteiger partial charge in [-0.05, 0) is 37.8 Å². The van der Waals surface area contributed by atoms with Gasteiger partial charge in [-0.1, -0.05) is 141 Å². The fraction of sp³-hybridized carbons (Fsp3) is 0.824. The van der Waals surface area contributed by atoms with Crippen LogP contribution in [0, 0.1) is 0 Å². The Morgan fingerprint density at radius 1 is 0.342 bits per heavy atom. The second-order valence-corrected chi connectivity index (χ2v) is 11.1. The molecular formula is C34H62O4. The zero-order valence-corrected chi connectivity index (χ0v) is 24.8. The maximum atomic E-state index is 8.80. The molecule has 0 aromatic heterocycles. The van der Waals surface area contributed by atoms with Gasteiger partial charge in [-0.3, -0.25) is 0 Å². The van der Waals surface area contributed by atoms with Crippen LogP contribution in [0.1, 0.15) is 154 Å². The predicted molar refractivity (Wildman–Crippen MR) is 162 cm³/mol. The maximum absolute atomic E-state index is 8.80. The SMILES string of the molecule is OCCCCCCCCCCCCCCOc1ccccc1OCCCCCCCCCCCCCCO. The van der Waals surface area contributed by atoms with E-state index in [9.17, 15) is 0 Å². The van der Waals surface area contributed by atoms with Crippen molar-refractivity contribution in [2.24, 2.45) is 0 Å². The lowest BCUT2D eigenvalue weighted by atomic mass is 10.1. The summed E-state index contributed by atoms with van der Waals surface area (Å²) in [6, 6.07) is 8.13. The first-order valence-corrected chi connectivity index (χ1v) is 16.4. The molecule has 0 fully saturated rings. The van der Waals surface area contributed by atoms with Gasteiger partial charge in [-0.25, -0.2) is 0 Å². The zero-order valence-electron chi connectivity index (χ0n) is 24.8. The highest BCUT2D eigenvalue weighted by atomic mass is 16.5. The molecule has 0 saturated carbocycles.